The largest absolute Gasteiger partial charge is 0.355 e. The summed E-state index contributed by atoms with van der Waals surface area (Å²) in [5.41, 5.74) is 6.64. The van der Waals surface area contributed by atoms with Crippen LogP contribution in [0.1, 0.15) is 64.5 Å². The highest BCUT2D eigenvalue weighted by molar-refractivity contribution is 5.93. The lowest BCUT2D eigenvalue weighted by Crippen LogP contribution is -2.36. The quantitative estimate of drug-likeness (QED) is 0.593. The van der Waals surface area contributed by atoms with E-state index in [0.29, 0.717) is 18.0 Å². The molecule has 3 aromatic rings. The van der Waals surface area contributed by atoms with E-state index in [-0.39, 0.29) is 11.9 Å². The molecule has 0 spiro atoms. The first-order valence-corrected chi connectivity index (χ1v) is 11.8. The van der Waals surface area contributed by atoms with Crippen molar-refractivity contribution in [3.8, 4) is 11.3 Å². The predicted octanol–water partition coefficient (Wildman–Crippen LogP) is 5.10. The van der Waals surface area contributed by atoms with Gasteiger partial charge in [0, 0.05) is 18.2 Å². The van der Waals surface area contributed by atoms with Crippen LogP contribution in [0, 0.1) is 6.92 Å². The van der Waals surface area contributed by atoms with Crippen LogP contribution in [0.15, 0.2) is 53.1 Å². The first-order valence-electron chi connectivity index (χ1n) is 11.8. The van der Waals surface area contributed by atoms with Crippen LogP contribution >= 0.6 is 0 Å². The summed E-state index contributed by atoms with van der Waals surface area (Å²) in [6.07, 6.45) is 7.19. The minimum absolute atomic E-state index is 0.175. The van der Waals surface area contributed by atoms with Gasteiger partial charge in [0.2, 0.25) is 0 Å². The van der Waals surface area contributed by atoms with E-state index in [1.54, 1.807) is 6.07 Å². The Morgan fingerprint density at radius 1 is 1.00 bits per heavy atom. The van der Waals surface area contributed by atoms with Crippen LogP contribution in [0.3, 0.4) is 0 Å². The summed E-state index contributed by atoms with van der Waals surface area (Å²) in [7, 11) is 0. The third-order valence-corrected chi connectivity index (χ3v) is 6.88. The number of nitrogens with zero attached hydrogens (tertiary/aromatic N) is 2. The molecule has 0 radical (unpaired) electrons. The van der Waals surface area contributed by atoms with Crippen LogP contribution < -0.4 is 5.32 Å². The topological polar surface area (TPSA) is 58.4 Å². The Bertz CT molecular complexity index is 1080. The summed E-state index contributed by atoms with van der Waals surface area (Å²) in [4.78, 5) is 15.3. The lowest BCUT2D eigenvalue weighted by atomic mass is 9.90. The van der Waals surface area contributed by atoms with Gasteiger partial charge in [-0.3, -0.25) is 9.69 Å². The number of rotatable bonds is 6. The lowest BCUT2D eigenvalue weighted by Gasteiger charge is -2.28. The molecule has 1 aliphatic carbocycles. The summed E-state index contributed by atoms with van der Waals surface area (Å²) >= 11 is 0. The second-order valence-electron chi connectivity index (χ2n) is 9.15. The maximum atomic E-state index is 12.9. The highest BCUT2D eigenvalue weighted by Crippen LogP contribution is 2.28. The highest BCUT2D eigenvalue weighted by atomic mass is 16.5. The molecule has 32 heavy (non-hydrogen) atoms. The number of fused-ring (bicyclic) bond motifs is 1. The van der Waals surface area contributed by atoms with Crippen molar-refractivity contribution in [3.63, 3.8) is 0 Å². The molecule has 166 valence electrons. The molecular weight excluding hydrogens is 398 g/mol. The number of hydrogen-bond donors (Lipinski definition) is 1. The van der Waals surface area contributed by atoms with E-state index in [0.717, 1.165) is 31.5 Å². The number of aromatic nitrogens is 1. The van der Waals surface area contributed by atoms with E-state index in [2.05, 4.69) is 64.8 Å². The second-order valence-corrected chi connectivity index (χ2v) is 9.15. The van der Waals surface area contributed by atoms with Gasteiger partial charge in [-0.1, -0.05) is 47.1 Å². The van der Waals surface area contributed by atoms with Crippen LogP contribution in [-0.4, -0.2) is 35.6 Å². The Morgan fingerprint density at radius 3 is 2.53 bits per heavy atom. The third-order valence-electron chi connectivity index (χ3n) is 6.88. The van der Waals surface area contributed by atoms with Gasteiger partial charge in [-0.15, -0.1) is 0 Å². The molecule has 2 heterocycles. The maximum Gasteiger partial charge on any atom is 0.273 e. The number of carbonyl (C=O) groups excluding carboxylic acids is 1. The fourth-order valence-electron chi connectivity index (χ4n) is 4.98. The zero-order valence-corrected chi connectivity index (χ0v) is 18.8. The molecule has 1 atom stereocenters. The first kappa shape index (κ1) is 21.0. The Morgan fingerprint density at radius 2 is 1.75 bits per heavy atom. The Labute approximate surface area is 189 Å². The summed E-state index contributed by atoms with van der Waals surface area (Å²) < 4.78 is 5.55. The van der Waals surface area contributed by atoms with Gasteiger partial charge < -0.3 is 9.84 Å². The maximum absolute atomic E-state index is 12.9. The molecule has 0 saturated carbocycles. The molecule has 0 unspecified atom stereocenters. The van der Waals surface area contributed by atoms with Gasteiger partial charge in [-0.25, -0.2) is 0 Å². The number of amides is 1. The fourth-order valence-corrected chi connectivity index (χ4v) is 4.98. The van der Waals surface area contributed by atoms with Gasteiger partial charge >= 0.3 is 0 Å². The van der Waals surface area contributed by atoms with Crippen molar-refractivity contribution >= 4 is 5.91 Å². The normalized spacial score (nSPS) is 17.2. The number of hydrogen-bond acceptors (Lipinski definition) is 4. The summed E-state index contributed by atoms with van der Waals surface area (Å²) in [5.74, 6) is 0.465. The molecule has 1 aliphatic heterocycles. The number of benzene rings is 2. The molecule has 1 saturated heterocycles. The molecule has 5 rings (SSSR count). The van der Waals surface area contributed by atoms with Crippen LogP contribution in [-0.2, 0) is 12.8 Å². The van der Waals surface area contributed by atoms with Crippen LogP contribution in [0.25, 0.3) is 11.3 Å². The molecular formula is C27H31N3O2. The van der Waals surface area contributed by atoms with Gasteiger partial charge in [-0.2, -0.15) is 0 Å². The van der Waals surface area contributed by atoms with Crippen molar-refractivity contribution in [2.24, 2.45) is 0 Å². The molecule has 0 bridgehead atoms. The average Bonchev–Trinajstić information content (AvgIpc) is 3.53. The van der Waals surface area contributed by atoms with Crippen LogP contribution in [0.4, 0.5) is 0 Å². The molecule has 5 nitrogen and oxygen atoms in total. The lowest BCUT2D eigenvalue weighted by molar-refractivity contribution is 0.0929. The summed E-state index contributed by atoms with van der Waals surface area (Å²) in [6, 6.07) is 17.0. The molecule has 1 N–H and O–H groups in total. The SMILES string of the molecule is Cc1ccc([C@H](CNC(=O)c2cc(-c3ccc4c(c3)CCCC4)on2)N2CCCC2)cc1. The van der Waals surface area contributed by atoms with E-state index >= 15 is 0 Å². The van der Waals surface area contributed by atoms with Gasteiger partial charge in [0.25, 0.3) is 5.91 Å². The second kappa shape index (κ2) is 9.29. The molecule has 5 heteroatoms. The van der Waals surface area contributed by atoms with E-state index < -0.39 is 0 Å². The smallest absolute Gasteiger partial charge is 0.273 e. The predicted molar refractivity (Wildman–Crippen MR) is 126 cm³/mol. The highest BCUT2D eigenvalue weighted by Gasteiger charge is 2.25. The summed E-state index contributed by atoms with van der Waals surface area (Å²) in [5, 5.41) is 7.16. The van der Waals surface area contributed by atoms with Gasteiger partial charge in [0.1, 0.15) is 0 Å². The number of carbonyl (C=O) groups is 1. The van der Waals surface area contributed by atoms with E-state index in [1.807, 2.05) is 0 Å². The minimum Gasteiger partial charge on any atom is -0.355 e. The Kier molecular flexibility index (Phi) is 6.08. The molecule has 1 aromatic heterocycles. The van der Waals surface area contributed by atoms with Gasteiger partial charge in [0.15, 0.2) is 11.5 Å². The van der Waals surface area contributed by atoms with E-state index in [1.165, 1.54) is 47.9 Å². The minimum atomic E-state index is -0.186. The standard InChI is InChI=1S/C27H31N3O2/c1-19-8-10-21(11-9-19)25(30-14-4-5-15-30)18-28-27(31)24-17-26(32-29-24)23-13-12-20-6-2-3-7-22(20)16-23/h8-13,16-17,25H,2-7,14-15,18H2,1H3,(H,28,31)/t25-/m0/s1. The Hall–Kier alpha value is -2.92. The zero-order chi connectivity index (χ0) is 21.9. The van der Waals surface area contributed by atoms with Crippen molar-refractivity contribution in [2.45, 2.75) is 51.5 Å². The van der Waals surface area contributed by atoms with Crippen LogP contribution in [0.2, 0.25) is 0 Å². The van der Waals surface area contributed by atoms with E-state index in [4.69, 9.17) is 4.52 Å². The molecule has 2 aromatic carbocycles. The number of likely N-dealkylation sites (tertiary alicyclic amines) is 1. The molecule has 1 amide bonds. The average molecular weight is 430 g/mol. The van der Waals surface area contributed by atoms with E-state index in [9.17, 15) is 4.79 Å². The van der Waals surface area contributed by atoms with Crippen molar-refractivity contribution < 1.29 is 9.32 Å². The molecule has 1 fully saturated rings. The van der Waals surface area contributed by atoms with Crippen molar-refractivity contribution in [2.75, 3.05) is 19.6 Å². The monoisotopic (exact) mass is 429 g/mol. The number of aryl methyl sites for hydroxylation is 3. The fraction of sp³-hybridized carbons (Fsp3) is 0.407. The van der Waals surface area contributed by atoms with Crippen LogP contribution in [0.5, 0.6) is 0 Å². The third kappa shape index (κ3) is 4.49. The van der Waals surface area contributed by atoms with Crippen molar-refractivity contribution in [3.05, 3.63) is 76.5 Å². The molecule has 2 aliphatic rings. The summed E-state index contributed by atoms with van der Waals surface area (Å²) in [6.45, 7) is 4.80. The van der Waals surface area contributed by atoms with Crippen molar-refractivity contribution in [1.29, 1.82) is 0 Å². The van der Waals surface area contributed by atoms with Gasteiger partial charge in [-0.05, 0) is 81.3 Å². The first-order chi connectivity index (χ1) is 15.7. The Balaban J connectivity index is 1.28. The van der Waals surface area contributed by atoms with Crippen molar-refractivity contribution in [1.82, 2.24) is 15.4 Å². The number of nitrogens with one attached hydrogen (secondary N) is 1. The zero-order valence-electron chi connectivity index (χ0n) is 18.8. The van der Waals surface area contributed by atoms with Gasteiger partial charge in [0.05, 0.1) is 6.04 Å².